The van der Waals surface area contributed by atoms with Crippen molar-refractivity contribution in [2.45, 2.75) is 79.2 Å². The molecule has 1 nitrogen and oxygen atoms in total. The Hall–Kier alpha value is -0.0400. The molecule has 3 unspecified atom stereocenters. The van der Waals surface area contributed by atoms with E-state index in [1.54, 1.807) is 0 Å². The van der Waals surface area contributed by atoms with Crippen LogP contribution in [0.5, 0.6) is 0 Å². The lowest BCUT2D eigenvalue weighted by Crippen LogP contribution is -2.36. The van der Waals surface area contributed by atoms with Gasteiger partial charge < -0.3 is 5.32 Å². The summed E-state index contributed by atoms with van der Waals surface area (Å²) in [5, 5.41) is 3.67. The Balaban J connectivity index is 2.48. The Morgan fingerprint density at radius 1 is 1.06 bits per heavy atom. The molecule has 1 saturated carbocycles. The third-order valence-corrected chi connectivity index (χ3v) is 4.51. The van der Waals surface area contributed by atoms with Gasteiger partial charge in [0.1, 0.15) is 0 Å². The highest BCUT2D eigenvalue weighted by Crippen LogP contribution is 2.39. The maximum absolute atomic E-state index is 3.67. The van der Waals surface area contributed by atoms with Crippen LogP contribution in [0.1, 0.15) is 73.1 Å². The molecule has 0 aliphatic heterocycles. The molecule has 1 rings (SSSR count). The molecule has 0 aromatic rings. The first-order chi connectivity index (χ1) is 8.52. The van der Waals surface area contributed by atoms with Crippen molar-refractivity contribution in [3.63, 3.8) is 0 Å². The van der Waals surface area contributed by atoms with Gasteiger partial charge in [-0.05, 0) is 49.5 Å². The average Bonchev–Trinajstić information content (AvgIpc) is 2.27. The second-order valence-electron chi connectivity index (χ2n) is 7.18. The first-order valence-electron chi connectivity index (χ1n) is 8.26. The zero-order valence-corrected chi connectivity index (χ0v) is 13.3. The van der Waals surface area contributed by atoms with Crippen LogP contribution in [0.15, 0.2) is 0 Å². The minimum Gasteiger partial charge on any atom is -0.314 e. The summed E-state index contributed by atoms with van der Waals surface area (Å²) in [6.45, 7) is 12.9. The van der Waals surface area contributed by atoms with E-state index >= 15 is 0 Å². The van der Waals surface area contributed by atoms with Gasteiger partial charge >= 0.3 is 0 Å². The topological polar surface area (TPSA) is 12.0 Å². The fourth-order valence-corrected chi connectivity index (χ4v) is 3.64. The number of hydrogen-bond acceptors (Lipinski definition) is 1. The summed E-state index contributed by atoms with van der Waals surface area (Å²) in [5.74, 6) is 3.79. The SMILES string of the molecule is CCCC1CCC(CNC(C)C)C(CC(C)C)C1. The van der Waals surface area contributed by atoms with E-state index in [9.17, 15) is 0 Å². The predicted molar refractivity (Wildman–Crippen MR) is 81.8 cm³/mol. The largest absolute Gasteiger partial charge is 0.314 e. The van der Waals surface area contributed by atoms with Crippen LogP contribution < -0.4 is 5.32 Å². The van der Waals surface area contributed by atoms with Crippen LogP contribution in [-0.2, 0) is 0 Å². The number of nitrogens with one attached hydrogen (secondary N) is 1. The van der Waals surface area contributed by atoms with Crippen LogP contribution in [0, 0.1) is 23.7 Å². The van der Waals surface area contributed by atoms with Gasteiger partial charge in [0.05, 0.1) is 0 Å². The Morgan fingerprint density at radius 2 is 1.78 bits per heavy atom. The van der Waals surface area contributed by atoms with Crippen molar-refractivity contribution in [2.75, 3.05) is 6.54 Å². The minimum atomic E-state index is 0.637. The Kier molecular flexibility index (Phi) is 7.29. The van der Waals surface area contributed by atoms with Gasteiger partial charge in [-0.3, -0.25) is 0 Å². The maximum atomic E-state index is 3.67. The molecule has 0 amide bonds. The molecule has 0 bridgehead atoms. The van der Waals surface area contributed by atoms with Gasteiger partial charge in [0.15, 0.2) is 0 Å². The quantitative estimate of drug-likeness (QED) is 0.683. The lowest BCUT2D eigenvalue weighted by molar-refractivity contribution is 0.145. The molecule has 108 valence electrons. The number of rotatable bonds is 7. The normalized spacial score (nSPS) is 29.2. The maximum Gasteiger partial charge on any atom is 0.00104 e. The molecule has 18 heavy (non-hydrogen) atoms. The number of hydrogen-bond donors (Lipinski definition) is 1. The fourth-order valence-electron chi connectivity index (χ4n) is 3.64. The summed E-state index contributed by atoms with van der Waals surface area (Å²) in [5.41, 5.74) is 0. The molecule has 0 aromatic heterocycles. The van der Waals surface area contributed by atoms with Crippen molar-refractivity contribution < 1.29 is 0 Å². The second-order valence-corrected chi connectivity index (χ2v) is 7.18. The summed E-state index contributed by atoms with van der Waals surface area (Å²) < 4.78 is 0. The average molecular weight is 253 g/mol. The summed E-state index contributed by atoms with van der Waals surface area (Å²) >= 11 is 0. The summed E-state index contributed by atoms with van der Waals surface area (Å²) in [6, 6.07) is 0.637. The predicted octanol–water partition coefficient (Wildman–Crippen LogP) is 4.86. The van der Waals surface area contributed by atoms with Crippen molar-refractivity contribution in [1.82, 2.24) is 5.32 Å². The molecule has 0 spiro atoms. The van der Waals surface area contributed by atoms with Crippen LogP contribution in [0.4, 0.5) is 0 Å². The second kappa shape index (κ2) is 8.19. The highest BCUT2D eigenvalue weighted by atomic mass is 14.9. The summed E-state index contributed by atoms with van der Waals surface area (Å²) in [6.07, 6.45) is 8.70. The highest BCUT2D eigenvalue weighted by Gasteiger charge is 2.30. The minimum absolute atomic E-state index is 0.637. The van der Waals surface area contributed by atoms with E-state index in [2.05, 4.69) is 39.9 Å². The van der Waals surface area contributed by atoms with Gasteiger partial charge in [0, 0.05) is 6.04 Å². The Labute approximate surface area is 115 Å². The molecule has 0 aromatic carbocycles. The Morgan fingerprint density at radius 3 is 2.33 bits per heavy atom. The smallest absolute Gasteiger partial charge is 0.00104 e. The van der Waals surface area contributed by atoms with E-state index in [4.69, 9.17) is 0 Å². The van der Waals surface area contributed by atoms with E-state index in [-0.39, 0.29) is 0 Å². The lowest BCUT2D eigenvalue weighted by atomic mass is 9.70. The molecular formula is C17H35N. The van der Waals surface area contributed by atoms with Gasteiger partial charge in [-0.15, -0.1) is 0 Å². The fraction of sp³-hybridized carbons (Fsp3) is 1.00. The van der Waals surface area contributed by atoms with Crippen molar-refractivity contribution in [1.29, 1.82) is 0 Å². The van der Waals surface area contributed by atoms with Crippen LogP contribution in [0.2, 0.25) is 0 Å². The van der Waals surface area contributed by atoms with Gasteiger partial charge in [-0.2, -0.15) is 0 Å². The van der Waals surface area contributed by atoms with Crippen molar-refractivity contribution in [2.24, 2.45) is 23.7 Å². The van der Waals surface area contributed by atoms with Crippen LogP contribution in [0.3, 0.4) is 0 Å². The van der Waals surface area contributed by atoms with Crippen molar-refractivity contribution >= 4 is 0 Å². The highest BCUT2D eigenvalue weighted by molar-refractivity contribution is 4.82. The van der Waals surface area contributed by atoms with E-state index in [1.165, 1.54) is 45.1 Å². The molecule has 0 radical (unpaired) electrons. The molecule has 1 aliphatic rings. The summed E-state index contributed by atoms with van der Waals surface area (Å²) in [7, 11) is 0. The standard InChI is InChI=1S/C17H35N/c1-6-7-15-8-9-16(12-18-14(4)5)17(11-15)10-13(2)3/h13-18H,6-12H2,1-5H3. The zero-order chi connectivity index (χ0) is 13.5. The zero-order valence-electron chi connectivity index (χ0n) is 13.3. The molecule has 1 N–H and O–H groups in total. The van der Waals surface area contributed by atoms with Crippen LogP contribution >= 0.6 is 0 Å². The van der Waals surface area contributed by atoms with E-state index < -0.39 is 0 Å². The molecular weight excluding hydrogens is 218 g/mol. The molecule has 3 atom stereocenters. The molecule has 1 aliphatic carbocycles. The molecule has 1 fully saturated rings. The molecule has 0 saturated heterocycles. The van der Waals surface area contributed by atoms with Gasteiger partial charge in [-0.25, -0.2) is 0 Å². The molecule has 0 heterocycles. The van der Waals surface area contributed by atoms with E-state index in [0.29, 0.717) is 6.04 Å². The molecule has 1 heteroatoms. The third-order valence-electron chi connectivity index (χ3n) is 4.51. The third kappa shape index (κ3) is 5.73. The Bertz CT molecular complexity index is 210. The first-order valence-corrected chi connectivity index (χ1v) is 8.26. The first kappa shape index (κ1) is 16.0. The van der Waals surface area contributed by atoms with Gasteiger partial charge in [0.25, 0.3) is 0 Å². The van der Waals surface area contributed by atoms with E-state index in [1.807, 2.05) is 0 Å². The van der Waals surface area contributed by atoms with E-state index in [0.717, 1.165) is 23.7 Å². The van der Waals surface area contributed by atoms with Crippen LogP contribution in [-0.4, -0.2) is 12.6 Å². The van der Waals surface area contributed by atoms with Crippen molar-refractivity contribution in [3.05, 3.63) is 0 Å². The monoisotopic (exact) mass is 253 g/mol. The van der Waals surface area contributed by atoms with Gasteiger partial charge in [0.2, 0.25) is 0 Å². The van der Waals surface area contributed by atoms with Crippen molar-refractivity contribution in [3.8, 4) is 0 Å². The summed E-state index contributed by atoms with van der Waals surface area (Å²) in [4.78, 5) is 0. The van der Waals surface area contributed by atoms with Crippen LogP contribution in [0.25, 0.3) is 0 Å². The lowest BCUT2D eigenvalue weighted by Gasteiger charge is -2.38. The van der Waals surface area contributed by atoms with Gasteiger partial charge in [-0.1, -0.05) is 53.9 Å².